The second-order valence-corrected chi connectivity index (χ2v) is 5.55. The fourth-order valence-corrected chi connectivity index (χ4v) is 2.16. The summed E-state index contributed by atoms with van der Waals surface area (Å²) in [5, 5.41) is 3.78. The highest BCUT2D eigenvalue weighted by Gasteiger charge is 2.17. The Bertz CT molecular complexity index is 642. The van der Waals surface area contributed by atoms with E-state index in [1.54, 1.807) is 19.1 Å². The Labute approximate surface area is 134 Å². The van der Waals surface area contributed by atoms with Gasteiger partial charge in [-0.25, -0.2) is 4.39 Å². The summed E-state index contributed by atoms with van der Waals surface area (Å²) in [6.45, 7) is 3.82. The van der Waals surface area contributed by atoms with Crippen molar-refractivity contribution in [3.63, 3.8) is 0 Å². The molecule has 0 bridgehead atoms. The highest BCUT2D eigenvalue weighted by Crippen LogP contribution is 2.12. The molecule has 0 spiro atoms. The van der Waals surface area contributed by atoms with E-state index >= 15 is 0 Å². The van der Waals surface area contributed by atoms with E-state index in [9.17, 15) is 9.18 Å². The quantitative estimate of drug-likeness (QED) is 0.697. The minimum Gasteiger partial charge on any atom is -0.457 e. The van der Waals surface area contributed by atoms with Crippen molar-refractivity contribution in [2.45, 2.75) is 46.1 Å². The monoisotopic (exact) mass is 320 g/mol. The van der Waals surface area contributed by atoms with Crippen LogP contribution in [0.1, 0.15) is 44.0 Å². The maximum atomic E-state index is 13.1. The number of aromatic nitrogens is 2. The number of carbonyl (C=O) groups is 1. The number of aryl methyl sites for hydroxylation is 1. The zero-order valence-corrected chi connectivity index (χ0v) is 13.4. The van der Waals surface area contributed by atoms with Crippen LogP contribution in [0.4, 0.5) is 4.39 Å². The van der Waals surface area contributed by atoms with Crippen LogP contribution in [-0.4, -0.2) is 16.1 Å². The number of carbonyl (C=O) groups excluding carboxylic acids is 1. The highest BCUT2D eigenvalue weighted by atomic mass is 19.1. The van der Waals surface area contributed by atoms with Gasteiger partial charge in [0.05, 0.1) is 5.92 Å². The summed E-state index contributed by atoms with van der Waals surface area (Å²) in [4.78, 5) is 16.2. The van der Waals surface area contributed by atoms with Crippen LogP contribution in [0.3, 0.4) is 0 Å². The van der Waals surface area contributed by atoms with Gasteiger partial charge in [0, 0.05) is 6.42 Å². The molecule has 6 heteroatoms. The molecule has 1 aromatic heterocycles. The molecule has 2 rings (SSSR count). The Balaban J connectivity index is 1.80. The summed E-state index contributed by atoms with van der Waals surface area (Å²) in [7, 11) is 0. The van der Waals surface area contributed by atoms with Gasteiger partial charge < -0.3 is 9.26 Å². The molecule has 23 heavy (non-hydrogen) atoms. The Kier molecular flexibility index (Phi) is 6.26. The molecule has 1 atom stereocenters. The van der Waals surface area contributed by atoms with Crippen molar-refractivity contribution in [3.05, 3.63) is 47.4 Å². The molecule has 0 aliphatic rings. The minimum atomic E-state index is -0.372. The number of hydrogen-bond acceptors (Lipinski definition) is 5. The Morgan fingerprint density at radius 2 is 2.26 bits per heavy atom. The zero-order chi connectivity index (χ0) is 16.7. The van der Waals surface area contributed by atoms with E-state index in [1.165, 1.54) is 12.1 Å². The number of ether oxygens (including phenoxy) is 1. The van der Waals surface area contributed by atoms with Crippen LogP contribution < -0.4 is 0 Å². The molecule has 0 saturated carbocycles. The first-order chi connectivity index (χ1) is 11.1. The van der Waals surface area contributed by atoms with Crippen LogP contribution in [0, 0.1) is 11.7 Å². The lowest BCUT2D eigenvalue weighted by atomic mass is 10.0. The van der Waals surface area contributed by atoms with Crippen molar-refractivity contribution in [2.75, 3.05) is 0 Å². The third kappa shape index (κ3) is 5.47. The predicted molar refractivity (Wildman–Crippen MR) is 82.0 cm³/mol. The van der Waals surface area contributed by atoms with E-state index < -0.39 is 0 Å². The molecule has 1 aromatic carbocycles. The van der Waals surface area contributed by atoms with E-state index in [2.05, 4.69) is 17.1 Å². The summed E-state index contributed by atoms with van der Waals surface area (Å²) < 4.78 is 23.4. The Morgan fingerprint density at radius 1 is 1.43 bits per heavy atom. The molecule has 0 radical (unpaired) electrons. The number of halogens is 1. The van der Waals surface area contributed by atoms with Crippen LogP contribution in [0.15, 0.2) is 28.8 Å². The molecule has 1 unspecified atom stereocenters. The van der Waals surface area contributed by atoms with Gasteiger partial charge in [0.2, 0.25) is 11.7 Å². The molecular weight excluding hydrogens is 299 g/mol. The molecule has 0 fully saturated rings. The molecular formula is C17H21FN2O3. The van der Waals surface area contributed by atoms with Crippen LogP contribution in [0.2, 0.25) is 0 Å². The van der Waals surface area contributed by atoms with E-state index in [0.29, 0.717) is 18.1 Å². The van der Waals surface area contributed by atoms with Gasteiger partial charge >= 0.3 is 5.97 Å². The largest absolute Gasteiger partial charge is 0.457 e. The third-order valence-electron chi connectivity index (χ3n) is 3.43. The van der Waals surface area contributed by atoms with Crippen molar-refractivity contribution >= 4 is 5.97 Å². The predicted octanol–water partition coefficient (Wildman–Crippen LogP) is 3.47. The van der Waals surface area contributed by atoms with E-state index in [1.807, 2.05) is 0 Å². The molecule has 0 aliphatic carbocycles. The summed E-state index contributed by atoms with van der Waals surface area (Å²) in [5.41, 5.74) is 0.760. The van der Waals surface area contributed by atoms with Gasteiger partial charge in [-0.15, -0.1) is 0 Å². The average molecular weight is 320 g/mol. The first-order valence-corrected chi connectivity index (χ1v) is 7.81. The van der Waals surface area contributed by atoms with Gasteiger partial charge in [-0.1, -0.05) is 37.6 Å². The summed E-state index contributed by atoms with van der Waals surface area (Å²) in [5.74, 6) is -0.125. The fraction of sp³-hybridized carbons (Fsp3) is 0.471. The lowest BCUT2D eigenvalue weighted by molar-refractivity contribution is -0.149. The van der Waals surface area contributed by atoms with Gasteiger partial charge in [0.25, 0.3) is 0 Å². The number of benzene rings is 1. The van der Waals surface area contributed by atoms with Crippen molar-refractivity contribution in [2.24, 2.45) is 5.92 Å². The van der Waals surface area contributed by atoms with Gasteiger partial charge in [-0.3, -0.25) is 4.79 Å². The average Bonchev–Trinajstić information content (AvgIpc) is 2.98. The van der Waals surface area contributed by atoms with E-state index in [4.69, 9.17) is 9.26 Å². The third-order valence-corrected chi connectivity index (χ3v) is 3.43. The lowest BCUT2D eigenvalue weighted by Crippen LogP contribution is -2.17. The van der Waals surface area contributed by atoms with E-state index in [0.717, 1.165) is 24.8 Å². The summed E-state index contributed by atoms with van der Waals surface area (Å²) >= 11 is 0. The smallest absolute Gasteiger partial charge is 0.309 e. The Morgan fingerprint density at radius 3 is 3.00 bits per heavy atom. The van der Waals surface area contributed by atoms with Gasteiger partial charge in [0.1, 0.15) is 5.82 Å². The maximum Gasteiger partial charge on any atom is 0.309 e. The standard InChI is InChI=1S/C17H21FN2O3/c1-3-4-8-16-19-15(20-23-16)11-22-17(21)12(2)9-13-6-5-7-14(18)10-13/h5-7,10,12H,3-4,8-9,11H2,1-2H3. The van der Waals surface area contributed by atoms with Crippen molar-refractivity contribution in [3.8, 4) is 0 Å². The normalized spacial score (nSPS) is 12.1. The lowest BCUT2D eigenvalue weighted by Gasteiger charge is -2.10. The van der Waals surface area contributed by atoms with Crippen LogP contribution in [-0.2, 0) is 29.0 Å². The molecule has 0 amide bonds. The first-order valence-electron chi connectivity index (χ1n) is 7.81. The second-order valence-electron chi connectivity index (χ2n) is 5.55. The van der Waals surface area contributed by atoms with E-state index in [-0.39, 0.29) is 24.3 Å². The van der Waals surface area contributed by atoms with Crippen LogP contribution >= 0.6 is 0 Å². The molecule has 0 aliphatic heterocycles. The van der Waals surface area contributed by atoms with Gasteiger partial charge in [0.15, 0.2) is 6.61 Å². The minimum absolute atomic E-state index is 0.0120. The highest BCUT2D eigenvalue weighted by molar-refractivity contribution is 5.72. The fourth-order valence-electron chi connectivity index (χ4n) is 2.16. The number of hydrogen-bond donors (Lipinski definition) is 0. The first kappa shape index (κ1) is 17.1. The zero-order valence-electron chi connectivity index (χ0n) is 13.4. The molecule has 124 valence electrons. The van der Waals surface area contributed by atoms with Crippen LogP contribution in [0.5, 0.6) is 0 Å². The van der Waals surface area contributed by atoms with Crippen molar-refractivity contribution in [1.29, 1.82) is 0 Å². The summed E-state index contributed by atoms with van der Waals surface area (Å²) in [6, 6.07) is 6.20. The SMILES string of the molecule is CCCCc1nc(COC(=O)C(C)Cc2cccc(F)c2)no1. The molecule has 0 saturated heterocycles. The number of rotatable bonds is 8. The number of unbranched alkanes of at least 4 members (excludes halogenated alkanes) is 1. The number of esters is 1. The van der Waals surface area contributed by atoms with Crippen molar-refractivity contribution in [1.82, 2.24) is 10.1 Å². The molecule has 2 aromatic rings. The van der Waals surface area contributed by atoms with Gasteiger partial charge in [-0.05, 0) is 30.5 Å². The molecule has 0 N–H and O–H groups in total. The Hall–Kier alpha value is -2.24. The number of nitrogens with zero attached hydrogens (tertiary/aromatic N) is 2. The summed E-state index contributed by atoms with van der Waals surface area (Å²) in [6.07, 6.45) is 3.17. The van der Waals surface area contributed by atoms with Crippen LogP contribution in [0.25, 0.3) is 0 Å². The maximum absolute atomic E-state index is 13.1. The molecule has 5 nitrogen and oxygen atoms in total. The molecule has 1 heterocycles. The van der Waals surface area contributed by atoms with Crippen molar-refractivity contribution < 1.29 is 18.4 Å². The topological polar surface area (TPSA) is 65.2 Å². The van der Waals surface area contributed by atoms with Gasteiger partial charge in [-0.2, -0.15) is 4.98 Å². The second kappa shape index (κ2) is 8.41.